The van der Waals surface area contributed by atoms with Crippen LogP contribution in [-0.4, -0.2) is 10.6 Å². The van der Waals surface area contributed by atoms with E-state index in [9.17, 15) is 0 Å². The Morgan fingerprint density at radius 2 is 1.83 bits per heavy atom. The minimum Gasteiger partial charge on any atom is -0.485 e. The van der Waals surface area contributed by atoms with Crippen molar-refractivity contribution in [2.75, 3.05) is 0 Å². The van der Waals surface area contributed by atoms with Crippen LogP contribution in [0.3, 0.4) is 0 Å². The Bertz CT molecular complexity index is 618. The lowest BCUT2D eigenvalue weighted by molar-refractivity contribution is 0.159. The molecule has 0 aliphatic heterocycles. The number of aromatic nitrogens is 1. The van der Waals surface area contributed by atoms with E-state index in [1.165, 1.54) is 0 Å². The van der Waals surface area contributed by atoms with Crippen molar-refractivity contribution < 1.29 is 4.74 Å². The van der Waals surface area contributed by atoms with Gasteiger partial charge in [0.25, 0.3) is 0 Å². The van der Waals surface area contributed by atoms with Gasteiger partial charge in [-0.1, -0.05) is 32.0 Å². The third-order valence-corrected chi connectivity index (χ3v) is 4.24. The van der Waals surface area contributed by atoms with Crippen molar-refractivity contribution in [2.45, 2.75) is 39.7 Å². The van der Waals surface area contributed by atoms with Gasteiger partial charge in [-0.15, -0.1) is 0 Å². The smallest absolute Gasteiger partial charge is 0.146 e. The minimum atomic E-state index is -0.0489. The summed E-state index contributed by atoms with van der Waals surface area (Å²) in [5.74, 6) is 0.907. The molecular weight excluding hydrogens is 222 g/mol. The van der Waals surface area contributed by atoms with Crippen molar-refractivity contribution in [3.63, 3.8) is 0 Å². The first-order chi connectivity index (χ1) is 8.41. The molecule has 1 unspecified atom stereocenters. The molecule has 18 heavy (non-hydrogen) atoms. The summed E-state index contributed by atoms with van der Waals surface area (Å²) in [6.45, 7) is 8.69. The summed E-state index contributed by atoms with van der Waals surface area (Å²) in [6, 6.07) is 10.3. The number of aryl methyl sites for hydroxylation is 1. The fourth-order valence-corrected chi connectivity index (χ4v) is 2.52. The van der Waals surface area contributed by atoms with Gasteiger partial charge < -0.3 is 4.74 Å². The molecule has 1 aromatic heterocycles. The molecule has 2 heteroatoms. The summed E-state index contributed by atoms with van der Waals surface area (Å²) < 4.78 is 6.23. The van der Waals surface area contributed by atoms with E-state index < -0.39 is 0 Å². The predicted octanol–water partition coefficient (Wildman–Crippen LogP) is 4.11. The zero-order chi connectivity index (χ0) is 13.0. The number of hydrogen-bond donors (Lipinski definition) is 0. The van der Waals surface area contributed by atoms with Crippen molar-refractivity contribution in [3.8, 4) is 5.75 Å². The molecule has 0 spiro atoms. The number of pyridine rings is 1. The average Bonchev–Trinajstić information content (AvgIpc) is 2.78. The Kier molecular flexibility index (Phi) is 2.22. The third kappa shape index (κ3) is 1.67. The number of rotatable bonds is 2. The molecule has 0 bridgehead atoms. The Labute approximate surface area is 108 Å². The highest BCUT2D eigenvalue weighted by atomic mass is 16.5. The molecule has 0 saturated heterocycles. The molecule has 1 aromatic carbocycles. The van der Waals surface area contributed by atoms with Gasteiger partial charge in [-0.2, -0.15) is 0 Å². The molecule has 2 nitrogen and oxygen atoms in total. The van der Waals surface area contributed by atoms with Gasteiger partial charge in [0.05, 0.1) is 0 Å². The number of nitrogens with zero attached hydrogens (tertiary/aromatic N) is 1. The SMILES string of the molecule is Cc1ccc2cccc(OC3(C)CC3(C)C)c2n1. The van der Waals surface area contributed by atoms with Crippen LogP contribution in [0.25, 0.3) is 10.9 Å². The van der Waals surface area contributed by atoms with Gasteiger partial charge in [-0.3, -0.25) is 0 Å². The van der Waals surface area contributed by atoms with Crippen LogP contribution in [0, 0.1) is 12.3 Å². The number of para-hydroxylation sites is 1. The maximum Gasteiger partial charge on any atom is 0.146 e. The second-order valence-electron chi connectivity index (χ2n) is 6.17. The number of ether oxygens (including phenoxy) is 1. The van der Waals surface area contributed by atoms with E-state index >= 15 is 0 Å². The first kappa shape index (κ1) is 11.5. The molecule has 0 N–H and O–H groups in total. The van der Waals surface area contributed by atoms with Crippen molar-refractivity contribution in [3.05, 3.63) is 36.0 Å². The van der Waals surface area contributed by atoms with Crippen molar-refractivity contribution in [1.82, 2.24) is 4.98 Å². The minimum absolute atomic E-state index is 0.0489. The molecule has 1 heterocycles. The van der Waals surface area contributed by atoms with Crippen molar-refractivity contribution in [1.29, 1.82) is 0 Å². The Morgan fingerprint density at radius 1 is 1.11 bits per heavy atom. The summed E-state index contributed by atoms with van der Waals surface area (Å²) >= 11 is 0. The molecular formula is C16H19NO. The maximum absolute atomic E-state index is 6.23. The van der Waals surface area contributed by atoms with Gasteiger partial charge in [0.1, 0.15) is 16.9 Å². The topological polar surface area (TPSA) is 22.1 Å². The van der Waals surface area contributed by atoms with E-state index in [-0.39, 0.29) is 11.0 Å². The lowest BCUT2D eigenvalue weighted by atomic mass is 10.1. The number of hydrogen-bond acceptors (Lipinski definition) is 2. The first-order valence-corrected chi connectivity index (χ1v) is 6.47. The zero-order valence-electron chi connectivity index (χ0n) is 11.4. The van der Waals surface area contributed by atoms with Gasteiger partial charge in [0, 0.05) is 16.5 Å². The molecule has 1 aliphatic rings. The molecule has 1 atom stereocenters. The lowest BCUT2D eigenvalue weighted by Crippen LogP contribution is -2.20. The summed E-state index contributed by atoms with van der Waals surface area (Å²) in [7, 11) is 0. The molecule has 1 saturated carbocycles. The highest BCUT2D eigenvalue weighted by molar-refractivity contribution is 5.84. The summed E-state index contributed by atoms with van der Waals surface area (Å²) in [6.07, 6.45) is 1.10. The normalized spacial score (nSPS) is 25.1. The van der Waals surface area contributed by atoms with Gasteiger partial charge in [-0.25, -0.2) is 4.98 Å². The third-order valence-electron chi connectivity index (χ3n) is 4.24. The summed E-state index contributed by atoms with van der Waals surface area (Å²) in [4.78, 5) is 4.61. The second kappa shape index (κ2) is 3.47. The molecule has 2 aromatic rings. The fourth-order valence-electron chi connectivity index (χ4n) is 2.52. The van der Waals surface area contributed by atoms with E-state index in [2.05, 4.69) is 37.9 Å². The summed E-state index contributed by atoms with van der Waals surface area (Å²) in [5, 5.41) is 1.14. The quantitative estimate of drug-likeness (QED) is 0.789. The van der Waals surface area contributed by atoms with E-state index in [0.717, 1.165) is 28.8 Å². The van der Waals surface area contributed by atoms with E-state index in [4.69, 9.17) is 4.74 Å². The van der Waals surface area contributed by atoms with Gasteiger partial charge in [0.15, 0.2) is 0 Å². The number of benzene rings is 1. The van der Waals surface area contributed by atoms with E-state index in [0.29, 0.717) is 0 Å². The van der Waals surface area contributed by atoms with Crippen molar-refractivity contribution >= 4 is 10.9 Å². The van der Waals surface area contributed by atoms with Crippen LogP contribution in [0.15, 0.2) is 30.3 Å². The van der Waals surface area contributed by atoms with Gasteiger partial charge in [-0.05, 0) is 32.4 Å². The molecule has 0 radical (unpaired) electrons. The molecule has 0 amide bonds. The monoisotopic (exact) mass is 241 g/mol. The van der Waals surface area contributed by atoms with Crippen LogP contribution in [0.4, 0.5) is 0 Å². The predicted molar refractivity (Wildman–Crippen MR) is 73.9 cm³/mol. The molecule has 1 aliphatic carbocycles. The average molecular weight is 241 g/mol. The largest absolute Gasteiger partial charge is 0.485 e. The van der Waals surface area contributed by atoms with Crippen LogP contribution in [0.5, 0.6) is 5.75 Å². The van der Waals surface area contributed by atoms with Crippen LogP contribution in [-0.2, 0) is 0 Å². The molecule has 1 fully saturated rings. The van der Waals surface area contributed by atoms with Gasteiger partial charge >= 0.3 is 0 Å². The maximum atomic E-state index is 6.23. The highest BCUT2D eigenvalue weighted by Gasteiger charge is 2.60. The Hall–Kier alpha value is -1.57. The summed E-state index contributed by atoms with van der Waals surface area (Å²) in [5.41, 5.74) is 2.21. The van der Waals surface area contributed by atoms with E-state index in [1.54, 1.807) is 0 Å². The lowest BCUT2D eigenvalue weighted by Gasteiger charge is -2.18. The van der Waals surface area contributed by atoms with Crippen LogP contribution < -0.4 is 4.74 Å². The second-order valence-corrected chi connectivity index (χ2v) is 6.17. The van der Waals surface area contributed by atoms with Crippen LogP contribution in [0.2, 0.25) is 0 Å². The first-order valence-electron chi connectivity index (χ1n) is 6.47. The Balaban J connectivity index is 2.05. The van der Waals surface area contributed by atoms with Crippen LogP contribution >= 0.6 is 0 Å². The fraction of sp³-hybridized carbons (Fsp3) is 0.438. The van der Waals surface area contributed by atoms with Gasteiger partial charge in [0.2, 0.25) is 0 Å². The molecule has 3 rings (SSSR count). The highest BCUT2D eigenvalue weighted by Crippen LogP contribution is 2.58. The number of fused-ring (bicyclic) bond motifs is 1. The van der Waals surface area contributed by atoms with Crippen molar-refractivity contribution in [2.24, 2.45) is 5.41 Å². The van der Waals surface area contributed by atoms with Crippen LogP contribution in [0.1, 0.15) is 32.9 Å². The Morgan fingerprint density at radius 3 is 2.50 bits per heavy atom. The van der Waals surface area contributed by atoms with E-state index in [1.807, 2.05) is 25.1 Å². The molecule has 94 valence electrons. The zero-order valence-corrected chi connectivity index (χ0v) is 11.4. The standard InChI is InChI=1S/C16H19NO/c1-11-8-9-12-6-5-7-13(14(12)17-11)18-16(4)10-15(16,2)3/h5-9H,10H2,1-4H3.